The van der Waals surface area contributed by atoms with Gasteiger partial charge in [0.25, 0.3) is 0 Å². The maximum Gasteiger partial charge on any atom is 0.305 e. The molecule has 0 fully saturated rings. The molecule has 0 aliphatic rings. The second kappa shape index (κ2) is 6.43. The third-order valence-electron chi connectivity index (χ3n) is 3.43. The fourth-order valence-corrected chi connectivity index (χ4v) is 2.41. The van der Waals surface area contributed by atoms with Gasteiger partial charge in [0, 0.05) is 29.6 Å². The van der Waals surface area contributed by atoms with Crippen molar-refractivity contribution >= 4 is 22.8 Å². The summed E-state index contributed by atoms with van der Waals surface area (Å²) in [5, 5.41) is 12.5. The Morgan fingerprint density at radius 3 is 2.86 bits per heavy atom. The maximum atomic E-state index is 11.8. The molecule has 21 heavy (non-hydrogen) atoms. The lowest BCUT2D eigenvalue weighted by molar-refractivity contribution is -0.137. The smallest absolute Gasteiger partial charge is 0.305 e. The fraction of sp³-hybridized carbons (Fsp3) is 0.375. The van der Waals surface area contributed by atoms with Gasteiger partial charge in [0.05, 0.1) is 6.42 Å². The van der Waals surface area contributed by atoms with E-state index in [0.717, 1.165) is 16.5 Å². The molecule has 0 saturated carbocycles. The van der Waals surface area contributed by atoms with Crippen LogP contribution in [0.15, 0.2) is 24.4 Å². The highest BCUT2D eigenvalue weighted by Gasteiger charge is 2.12. The second-order valence-corrected chi connectivity index (χ2v) is 5.43. The van der Waals surface area contributed by atoms with Crippen LogP contribution < -0.4 is 5.32 Å². The first-order valence-corrected chi connectivity index (χ1v) is 7.03. The number of carboxylic acids is 1. The monoisotopic (exact) mass is 288 g/mol. The molecule has 1 heterocycles. The number of hydrogen-bond donors (Lipinski definition) is 3. The average molecular weight is 288 g/mol. The molecule has 0 saturated heterocycles. The molecule has 0 aliphatic heterocycles. The van der Waals surface area contributed by atoms with Gasteiger partial charge in [-0.15, -0.1) is 0 Å². The Morgan fingerprint density at radius 2 is 2.14 bits per heavy atom. The van der Waals surface area contributed by atoms with E-state index in [9.17, 15) is 9.59 Å². The van der Waals surface area contributed by atoms with Crippen molar-refractivity contribution in [2.75, 3.05) is 0 Å². The van der Waals surface area contributed by atoms with E-state index in [1.165, 1.54) is 5.56 Å². The minimum Gasteiger partial charge on any atom is -0.481 e. The standard InChI is InChI=1S/C16H20N2O3/c1-10-3-5-14-13(7-10)12(9-17-14)4-6-15(19)18-11(2)8-16(20)21/h3,5,7,9,11,17H,4,6,8H2,1-2H3,(H,18,19)(H,20,21). The second-order valence-electron chi connectivity index (χ2n) is 5.43. The third-order valence-corrected chi connectivity index (χ3v) is 3.43. The fourth-order valence-electron chi connectivity index (χ4n) is 2.41. The van der Waals surface area contributed by atoms with Crippen molar-refractivity contribution in [2.24, 2.45) is 0 Å². The van der Waals surface area contributed by atoms with Gasteiger partial charge < -0.3 is 15.4 Å². The van der Waals surface area contributed by atoms with Crippen LogP contribution >= 0.6 is 0 Å². The summed E-state index contributed by atoms with van der Waals surface area (Å²) < 4.78 is 0. The van der Waals surface area contributed by atoms with Crippen LogP contribution in [0, 0.1) is 6.92 Å². The normalized spacial score (nSPS) is 12.3. The summed E-state index contributed by atoms with van der Waals surface area (Å²) in [6.45, 7) is 3.73. The minimum atomic E-state index is -0.907. The molecule has 1 unspecified atom stereocenters. The van der Waals surface area contributed by atoms with Gasteiger partial charge in [0.15, 0.2) is 0 Å². The van der Waals surface area contributed by atoms with Crippen LogP contribution in [0.4, 0.5) is 0 Å². The van der Waals surface area contributed by atoms with Crippen LogP contribution in [-0.2, 0) is 16.0 Å². The zero-order chi connectivity index (χ0) is 15.4. The van der Waals surface area contributed by atoms with Crippen LogP contribution in [-0.4, -0.2) is 28.0 Å². The number of fused-ring (bicyclic) bond motifs is 1. The molecular weight excluding hydrogens is 268 g/mol. The van der Waals surface area contributed by atoms with E-state index < -0.39 is 5.97 Å². The van der Waals surface area contributed by atoms with Gasteiger partial charge >= 0.3 is 5.97 Å². The zero-order valence-electron chi connectivity index (χ0n) is 12.3. The number of aliphatic carboxylic acids is 1. The molecule has 1 aromatic heterocycles. The van der Waals surface area contributed by atoms with Gasteiger partial charge in [-0.05, 0) is 38.0 Å². The van der Waals surface area contributed by atoms with Crippen molar-refractivity contribution in [1.82, 2.24) is 10.3 Å². The Hall–Kier alpha value is -2.30. The van der Waals surface area contributed by atoms with E-state index in [1.807, 2.05) is 25.3 Å². The Kier molecular flexibility index (Phi) is 4.62. The van der Waals surface area contributed by atoms with E-state index in [1.54, 1.807) is 6.92 Å². The molecule has 1 aromatic carbocycles. The van der Waals surface area contributed by atoms with E-state index in [2.05, 4.69) is 16.4 Å². The van der Waals surface area contributed by atoms with Gasteiger partial charge in [0.2, 0.25) is 5.91 Å². The maximum absolute atomic E-state index is 11.8. The van der Waals surface area contributed by atoms with Crippen molar-refractivity contribution in [3.8, 4) is 0 Å². The van der Waals surface area contributed by atoms with Gasteiger partial charge in [-0.3, -0.25) is 9.59 Å². The van der Waals surface area contributed by atoms with Gasteiger partial charge in [-0.25, -0.2) is 0 Å². The summed E-state index contributed by atoms with van der Waals surface area (Å²) in [6, 6.07) is 5.83. The quantitative estimate of drug-likeness (QED) is 0.763. The highest BCUT2D eigenvalue weighted by atomic mass is 16.4. The number of rotatable bonds is 6. The number of carbonyl (C=O) groups excluding carboxylic acids is 1. The number of hydrogen-bond acceptors (Lipinski definition) is 2. The van der Waals surface area contributed by atoms with Crippen molar-refractivity contribution in [3.63, 3.8) is 0 Å². The Balaban J connectivity index is 1.94. The Morgan fingerprint density at radius 1 is 1.38 bits per heavy atom. The summed E-state index contributed by atoms with van der Waals surface area (Å²) >= 11 is 0. The summed E-state index contributed by atoms with van der Waals surface area (Å²) in [5.41, 5.74) is 3.35. The van der Waals surface area contributed by atoms with Crippen LogP contribution in [0.5, 0.6) is 0 Å². The average Bonchev–Trinajstić information content (AvgIpc) is 2.77. The Bertz CT molecular complexity index is 661. The molecule has 0 aliphatic carbocycles. The molecule has 0 spiro atoms. The predicted molar refractivity (Wildman–Crippen MR) is 81.2 cm³/mol. The van der Waals surface area contributed by atoms with Gasteiger partial charge in [0.1, 0.15) is 0 Å². The number of nitrogens with one attached hydrogen (secondary N) is 2. The first kappa shape index (κ1) is 15.1. The first-order valence-electron chi connectivity index (χ1n) is 7.03. The molecule has 3 N–H and O–H groups in total. The zero-order valence-corrected chi connectivity index (χ0v) is 12.3. The van der Waals surface area contributed by atoms with Crippen LogP contribution in [0.1, 0.15) is 30.9 Å². The number of carbonyl (C=O) groups is 2. The van der Waals surface area contributed by atoms with Crippen LogP contribution in [0.25, 0.3) is 10.9 Å². The number of aromatic amines is 1. The van der Waals surface area contributed by atoms with Crippen molar-refractivity contribution in [1.29, 1.82) is 0 Å². The highest BCUT2D eigenvalue weighted by molar-refractivity contribution is 5.85. The van der Waals surface area contributed by atoms with Crippen molar-refractivity contribution in [3.05, 3.63) is 35.5 Å². The molecule has 5 heteroatoms. The van der Waals surface area contributed by atoms with E-state index in [4.69, 9.17) is 5.11 Å². The van der Waals surface area contributed by atoms with E-state index >= 15 is 0 Å². The van der Waals surface area contributed by atoms with Crippen LogP contribution in [0.3, 0.4) is 0 Å². The number of amides is 1. The molecule has 2 aromatic rings. The summed E-state index contributed by atoms with van der Waals surface area (Å²) in [6.07, 6.45) is 2.86. The lowest BCUT2D eigenvalue weighted by Crippen LogP contribution is -2.34. The van der Waals surface area contributed by atoms with Gasteiger partial charge in [-0.1, -0.05) is 11.6 Å². The van der Waals surface area contributed by atoms with Crippen LogP contribution in [0.2, 0.25) is 0 Å². The Labute approximate surface area is 123 Å². The number of H-pyrrole nitrogens is 1. The summed E-state index contributed by atoms with van der Waals surface area (Å²) in [4.78, 5) is 25.6. The lowest BCUT2D eigenvalue weighted by Gasteiger charge is -2.11. The molecule has 0 bridgehead atoms. The molecule has 1 amide bonds. The topological polar surface area (TPSA) is 82.2 Å². The summed E-state index contributed by atoms with van der Waals surface area (Å²) in [5.74, 6) is -1.03. The van der Waals surface area contributed by atoms with Crippen molar-refractivity contribution in [2.45, 2.75) is 39.2 Å². The number of aromatic nitrogens is 1. The minimum absolute atomic E-state index is 0.0575. The van der Waals surface area contributed by atoms with E-state index in [-0.39, 0.29) is 18.4 Å². The molecular formula is C16H20N2O3. The molecule has 1 atom stereocenters. The molecule has 2 rings (SSSR count). The summed E-state index contributed by atoms with van der Waals surface area (Å²) in [7, 11) is 0. The van der Waals surface area contributed by atoms with Gasteiger partial charge in [-0.2, -0.15) is 0 Å². The number of carboxylic acid groups (broad SMARTS) is 1. The molecule has 0 radical (unpaired) electrons. The molecule has 112 valence electrons. The first-order chi connectivity index (χ1) is 9.95. The predicted octanol–water partition coefficient (Wildman–Crippen LogP) is 2.39. The number of aryl methyl sites for hydroxylation is 2. The molecule has 5 nitrogen and oxygen atoms in total. The number of benzene rings is 1. The van der Waals surface area contributed by atoms with Crippen molar-refractivity contribution < 1.29 is 14.7 Å². The van der Waals surface area contributed by atoms with E-state index in [0.29, 0.717) is 12.8 Å². The lowest BCUT2D eigenvalue weighted by atomic mass is 10.1. The largest absolute Gasteiger partial charge is 0.481 e. The highest BCUT2D eigenvalue weighted by Crippen LogP contribution is 2.20. The SMILES string of the molecule is Cc1ccc2[nH]cc(CCC(=O)NC(C)CC(=O)O)c2c1. The third kappa shape index (κ3) is 4.08.